The number of aromatic nitrogens is 1. The van der Waals surface area contributed by atoms with E-state index < -0.39 is 0 Å². The zero-order valence-corrected chi connectivity index (χ0v) is 14.1. The van der Waals surface area contributed by atoms with Crippen LogP contribution in [0.4, 0.5) is 4.39 Å². The molecule has 4 heteroatoms. The van der Waals surface area contributed by atoms with Crippen LogP contribution >= 0.6 is 0 Å². The quantitative estimate of drug-likeness (QED) is 0.737. The van der Waals surface area contributed by atoms with Gasteiger partial charge in [-0.25, -0.2) is 4.39 Å². The molecule has 24 heavy (non-hydrogen) atoms. The van der Waals surface area contributed by atoms with Crippen molar-refractivity contribution in [1.82, 2.24) is 10.3 Å². The molecule has 0 aliphatic heterocycles. The minimum absolute atomic E-state index is 0.0906. The predicted octanol–water partition coefficient (Wildman–Crippen LogP) is 4.32. The van der Waals surface area contributed by atoms with Crippen LogP contribution in [0.1, 0.15) is 35.3 Å². The third kappa shape index (κ3) is 3.04. The Morgan fingerprint density at radius 1 is 1.21 bits per heavy atom. The number of aryl methyl sites for hydroxylation is 1. The van der Waals surface area contributed by atoms with Gasteiger partial charge in [0.1, 0.15) is 5.82 Å². The monoisotopic (exact) mass is 324 g/mol. The van der Waals surface area contributed by atoms with Gasteiger partial charge in [-0.1, -0.05) is 32.0 Å². The van der Waals surface area contributed by atoms with Gasteiger partial charge in [0.15, 0.2) is 0 Å². The van der Waals surface area contributed by atoms with Crippen LogP contribution in [0.15, 0.2) is 48.7 Å². The Kier molecular flexibility index (Phi) is 4.14. The van der Waals surface area contributed by atoms with E-state index in [9.17, 15) is 9.18 Å². The van der Waals surface area contributed by atoms with E-state index in [1.807, 2.05) is 51.2 Å². The number of hydrogen-bond donors (Lipinski definition) is 2. The lowest BCUT2D eigenvalue weighted by molar-refractivity contribution is 0.0945. The number of fused-ring (bicyclic) bond motifs is 1. The Morgan fingerprint density at radius 3 is 2.71 bits per heavy atom. The Balaban J connectivity index is 1.82. The van der Waals surface area contributed by atoms with Crippen LogP contribution in [0.25, 0.3) is 10.9 Å². The second-order valence-electron chi connectivity index (χ2n) is 6.77. The van der Waals surface area contributed by atoms with Crippen molar-refractivity contribution in [1.29, 1.82) is 0 Å². The number of rotatable bonds is 4. The lowest BCUT2D eigenvalue weighted by Gasteiger charge is -2.25. The summed E-state index contributed by atoms with van der Waals surface area (Å²) >= 11 is 0. The van der Waals surface area contributed by atoms with E-state index in [0.29, 0.717) is 12.1 Å². The normalized spacial score (nSPS) is 11.7. The van der Waals surface area contributed by atoms with Gasteiger partial charge in [-0.15, -0.1) is 0 Å². The van der Waals surface area contributed by atoms with Crippen LogP contribution in [-0.2, 0) is 5.41 Å². The first-order valence-corrected chi connectivity index (χ1v) is 7.99. The second kappa shape index (κ2) is 6.11. The molecule has 1 heterocycles. The molecule has 0 aliphatic carbocycles. The molecule has 124 valence electrons. The van der Waals surface area contributed by atoms with Crippen LogP contribution in [0, 0.1) is 12.7 Å². The maximum atomic E-state index is 13.6. The number of amides is 1. The highest BCUT2D eigenvalue weighted by atomic mass is 19.1. The highest BCUT2D eigenvalue weighted by Gasteiger charge is 2.25. The molecule has 2 aromatic carbocycles. The first-order valence-electron chi connectivity index (χ1n) is 7.99. The minimum atomic E-state index is -0.329. The van der Waals surface area contributed by atoms with E-state index in [1.165, 1.54) is 12.1 Å². The van der Waals surface area contributed by atoms with Crippen LogP contribution in [0.2, 0.25) is 0 Å². The van der Waals surface area contributed by atoms with Gasteiger partial charge in [-0.05, 0) is 42.3 Å². The van der Waals surface area contributed by atoms with Gasteiger partial charge in [-0.3, -0.25) is 4.79 Å². The van der Waals surface area contributed by atoms with E-state index in [1.54, 1.807) is 6.07 Å². The van der Waals surface area contributed by atoms with Gasteiger partial charge < -0.3 is 10.3 Å². The SMILES string of the molecule is Cc1ccccc1C(=O)NCC(C)(C)c1c[nH]c2ccc(F)cc12. The van der Waals surface area contributed by atoms with Crippen LogP contribution < -0.4 is 5.32 Å². The average molecular weight is 324 g/mol. The van der Waals surface area contributed by atoms with Gasteiger partial charge >= 0.3 is 0 Å². The van der Waals surface area contributed by atoms with Crippen molar-refractivity contribution in [3.63, 3.8) is 0 Å². The summed E-state index contributed by atoms with van der Waals surface area (Å²) in [7, 11) is 0. The smallest absolute Gasteiger partial charge is 0.251 e. The molecule has 0 fully saturated rings. The Labute approximate surface area is 140 Å². The lowest BCUT2D eigenvalue weighted by atomic mass is 9.84. The predicted molar refractivity (Wildman–Crippen MR) is 94.8 cm³/mol. The van der Waals surface area contributed by atoms with Crippen molar-refractivity contribution < 1.29 is 9.18 Å². The van der Waals surface area contributed by atoms with Crippen molar-refractivity contribution >= 4 is 16.8 Å². The Bertz CT molecular complexity index is 896. The fourth-order valence-electron chi connectivity index (χ4n) is 2.97. The topological polar surface area (TPSA) is 44.9 Å². The van der Waals surface area contributed by atoms with Gasteiger partial charge in [-0.2, -0.15) is 0 Å². The number of nitrogens with one attached hydrogen (secondary N) is 2. The molecule has 0 radical (unpaired) electrons. The van der Waals surface area contributed by atoms with Crippen LogP contribution in [-0.4, -0.2) is 17.4 Å². The number of H-pyrrole nitrogens is 1. The first-order chi connectivity index (χ1) is 11.4. The number of benzene rings is 2. The fourth-order valence-corrected chi connectivity index (χ4v) is 2.97. The summed E-state index contributed by atoms with van der Waals surface area (Å²) < 4.78 is 13.6. The summed E-state index contributed by atoms with van der Waals surface area (Å²) in [6.07, 6.45) is 1.89. The molecule has 0 saturated carbocycles. The third-order valence-corrected chi connectivity index (χ3v) is 4.45. The van der Waals surface area contributed by atoms with E-state index in [2.05, 4.69) is 10.3 Å². The molecule has 0 bridgehead atoms. The van der Waals surface area contributed by atoms with E-state index >= 15 is 0 Å². The number of hydrogen-bond acceptors (Lipinski definition) is 1. The molecule has 0 spiro atoms. The zero-order valence-electron chi connectivity index (χ0n) is 14.1. The maximum absolute atomic E-state index is 13.6. The van der Waals surface area contributed by atoms with Crippen molar-refractivity contribution in [2.24, 2.45) is 0 Å². The van der Waals surface area contributed by atoms with Gasteiger partial charge in [0.2, 0.25) is 0 Å². The summed E-state index contributed by atoms with van der Waals surface area (Å²) in [5.74, 6) is -0.352. The van der Waals surface area contributed by atoms with Crippen molar-refractivity contribution in [3.8, 4) is 0 Å². The number of carbonyl (C=O) groups is 1. The van der Waals surface area contributed by atoms with Gasteiger partial charge in [0.05, 0.1) is 0 Å². The number of aromatic amines is 1. The van der Waals surface area contributed by atoms with Gasteiger partial charge in [0, 0.05) is 34.6 Å². The molecule has 3 aromatic rings. The highest BCUT2D eigenvalue weighted by Crippen LogP contribution is 2.30. The molecule has 1 aromatic heterocycles. The molecular weight excluding hydrogens is 303 g/mol. The fraction of sp³-hybridized carbons (Fsp3) is 0.250. The largest absolute Gasteiger partial charge is 0.361 e. The Hall–Kier alpha value is -2.62. The van der Waals surface area contributed by atoms with E-state index in [0.717, 1.165) is 22.0 Å². The second-order valence-corrected chi connectivity index (χ2v) is 6.77. The molecule has 0 unspecified atom stereocenters. The molecule has 0 aliphatic rings. The lowest BCUT2D eigenvalue weighted by Crippen LogP contribution is -2.36. The standard InChI is InChI=1S/C20H21FN2O/c1-13-6-4-5-7-15(13)19(24)23-12-20(2,3)17-11-22-18-9-8-14(21)10-16(17)18/h4-11,22H,12H2,1-3H3,(H,23,24). The molecule has 1 amide bonds. The molecule has 3 nitrogen and oxygen atoms in total. The zero-order chi connectivity index (χ0) is 17.3. The van der Waals surface area contributed by atoms with Crippen LogP contribution in [0.3, 0.4) is 0 Å². The number of halogens is 1. The summed E-state index contributed by atoms with van der Waals surface area (Å²) in [5, 5.41) is 3.85. The first kappa shape index (κ1) is 16.2. The molecule has 0 saturated heterocycles. The summed E-state index contributed by atoms with van der Waals surface area (Å²) in [4.78, 5) is 15.6. The summed E-state index contributed by atoms with van der Waals surface area (Å²) in [5.41, 5.74) is 3.18. The van der Waals surface area contributed by atoms with Crippen LogP contribution in [0.5, 0.6) is 0 Å². The average Bonchev–Trinajstić information content (AvgIpc) is 2.97. The van der Waals surface area contributed by atoms with Crippen molar-refractivity contribution in [3.05, 3.63) is 71.2 Å². The minimum Gasteiger partial charge on any atom is -0.361 e. The molecule has 0 atom stereocenters. The molecule has 3 rings (SSSR count). The molecule has 2 N–H and O–H groups in total. The summed E-state index contributed by atoms with van der Waals surface area (Å²) in [6, 6.07) is 12.2. The van der Waals surface area contributed by atoms with E-state index in [4.69, 9.17) is 0 Å². The third-order valence-electron chi connectivity index (χ3n) is 4.45. The summed E-state index contributed by atoms with van der Waals surface area (Å²) in [6.45, 7) is 6.46. The van der Waals surface area contributed by atoms with Crippen molar-refractivity contribution in [2.45, 2.75) is 26.2 Å². The molecular formula is C20H21FN2O. The highest BCUT2D eigenvalue weighted by molar-refractivity contribution is 5.95. The Morgan fingerprint density at radius 2 is 1.96 bits per heavy atom. The van der Waals surface area contributed by atoms with Gasteiger partial charge in [0.25, 0.3) is 5.91 Å². The maximum Gasteiger partial charge on any atom is 0.251 e. The van der Waals surface area contributed by atoms with E-state index in [-0.39, 0.29) is 17.1 Å². The van der Waals surface area contributed by atoms with Crippen molar-refractivity contribution in [2.75, 3.05) is 6.54 Å². The number of carbonyl (C=O) groups excluding carboxylic acids is 1.